The lowest BCUT2D eigenvalue weighted by Crippen LogP contribution is -2.44. The van der Waals surface area contributed by atoms with Crippen molar-refractivity contribution in [2.75, 3.05) is 6.61 Å². The van der Waals surface area contributed by atoms with Gasteiger partial charge in [-0.3, -0.25) is 9.78 Å². The van der Waals surface area contributed by atoms with E-state index in [1.807, 2.05) is 0 Å². The van der Waals surface area contributed by atoms with Crippen molar-refractivity contribution in [1.82, 2.24) is 14.8 Å². The molecule has 1 aromatic heterocycles. The fraction of sp³-hybridized carbons (Fsp3) is 0.200. The SMILES string of the molecule is Cc1nn([C@@H]2O[C@H](COC(=O)c3ccccc3)[C@@H](OC(=O)c3ccccc3)[C@@H]2OC(=O)c2ccccc2)c(=O)[nH]c1=O. The number of carbonyl (C=O) groups excluding carboxylic acids is 3. The molecule has 2 heterocycles. The predicted octanol–water partition coefficient (Wildman–Crippen LogP) is 2.45. The average Bonchev–Trinajstić information content (AvgIpc) is 3.34. The van der Waals surface area contributed by atoms with Crippen molar-refractivity contribution in [2.24, 2.45) is 0 Å². The van der Waals surface area contributed by atoms with Crippen LogP contribution in [0.4, 0.5) is 0 Å². The summed E-state index contributed by atoms with van der Waals surface area (Å²) in [7, 11) is 0. The number of benzene rings is 3. The average molecular weight is 572 g/mol. The molecule has 4 aromatic rings. The van der Waals surface area contributed by atoms with Crippen LogP contribution in [0.25, 0.3) is 0 Å². The van der Waals surface area contributed by atoms with Gasteiger partial charge in [0.1, 0.15) is 18.4 Å². The molecule has 12 nitrogen and oxygen atoms in total. The first-order chi connectivity index (χ1) is 20.3. The lowest BCUT2D eigenvalue weighted by atomic mass is 10.1. The van der Waals surface area contributed by atoms with E-state index in [9.17, 15) is 24.0 Å². The predicted molar refractivity (Wildman–Crippen MR) is 146 cm³/mol. The van der Waals surface area contributed by atoms with Gasteiger partial charge in [0.05, 0.1) is 16.7 Å². The summed E-state index contributed by atoms with van der Waals surface area (Å²) in [5.74, 6) is -2.25. The Morgan fingerprint density at radius 3 is 1.76 bits per heavy atom. The summed E-state index contributed by atoms with van der Waals surface area (Å²) in [6.45, 7) is 0.939. The molecule has 1 aliphatic heterocycles. The second-order valence-electron chi connectivity index (χ2n) is 9.29. The molecule has 1 aliphatic rings. The Hall–Kier alpha value is -5.36. The highest BCUT2D eigenvalue weighted by atomic mass is 16.7. The molecule has 0 radical (unpaired) electrons. The second kappa shape index (κ2) is 12.4. The van der Waals surface area contributed by atoms with Crippen LogP contribution in [0.1, 0.15) is 43.0 Å². The molecule has 1 fully saturated rings. The number of aryl methyl sites for hydroxylation is 1. The number of nitrogens with zero attached hydrogens (tertiary/aromatic N) is 2. The van der Waals surface area contributed by atoms with E-state index in [1.54, 1.807) is 66.7 Å². The number of aromatic amines is 1. The normalized spacial score (nSPS) is 19.5. The van der Waals surface area contributed by atoms with Gasteiger partial charge in [0, 0.05) is 0 Å². The summed E-state index contributed by atoms with van der Waals surface area (Å²) >= 11 is 0. The summed E-state index contributed by atoms with van der Waals surface area (Å²) in [5, 5.41) is 4.03. The number of hydrogen-bond acceptors (Lipinski definition) is 10. The molecule has 1 N–H and O–H groups in total. The first-order valence-electron chi connectivity index (χ1n) is 12.9. The summed E-state index contributed by atoms with van der Waals surface area (Å²) in [6.07, 6.45) is -5.47. The maximum absolute atomic E-state index is 13.2. The van der Waals surface area contributed by atoms with E-state index in [0.29, 0.717) is 0 Å². The number of carbonyl (C=O) groups is 3. The van der Waals surface area contributed by atoms with Gasteiger partial charge in [-0.2, -0.15) is 9.78 Å². The maximum Gasteiger partial charge on any atom is 0.347 e. The lowest BCUT2D eigenvalue weighted by Gasteiger charge is -2.24. The van der Waals surface area contributed by atoms with Crippen LogP contribution in [0.3, 0.4) is 0 Å². The van der Waals surface area contributed by atoms with Crippen LogP contribution < -0.4 is 11.2 Å². The van der Waals surface area contributed by atoms with Crippen LogP contribution in [0.5, 0.6) is 0 Å². The van der Waals surface area contributed by atoms with Crippen LogP contribution in [-0.2, 0) is 18.9 Å². The standard InChI is InChI=1S/C30H25N3O9/c1-18-25(34)31-30(38)33(32-18)26-24(42-29(37)21-15-9-4-10-16-21)23(41-28(36)20-13-7-3-8-14-20)22(40-26)17-39-27(35)19-11-5-2-6-12-19/h2-16,22-24,26H,17H2,1H3,(H,31,34,38)/t22-,23-,24+,26-/m1/s1. The van der Waals surface area contributed by atoms with E-state index >= 15 is 0 Å². The van der Waals surface area contributed by atoms with Crippen LogP contribution in [0.2, 0.25) is 0 Å². The quantitative estimate of drug-likeness (QED) is 0.246. The van der Waals surface area contributed by atoms with Crippen LogP contribution in [0.15, 0.2) is 101 Å². The van der Waals surface area contributed by atoms with Gasteiger partial charge in [0.25, 0.3) is 5.56 Å². The lowest BCUT2D eigenvalue weighted by molar-refractivity contribution is -0.0701. The van der Waals surface area contributed by atoms with E-state index in [-0.39, 0.29) is 22.4 Å². The van der Waals surface area contributed by atoms with Crippen molar-refractivity contribution in [2.45, 2.75) is 31.5 Å². The topological polar surface area (TPSA) is 156 Å². The first kappa shape index (κ1) is 28.2. The van der Waals surface area contributed by atoms with Gasteiger partial charge in [-0.15, -0.1) is 0 Å². The van der Waals surface area contributed by atoms with Gasteiger partial charge < -0.3 is 18.9 Å². The minimum atomic E-state index is -1.46. The van der Waals surface area contributed by atoms with E-state index in [1.165, 1.54) is 31.2 Å². The van der Waals surface area contributed by atoms with Gasteiger partial charge >= 0.3 is 23.6 Å². The smallest absolute Gasteiger partial charge is 0.347 e. The third kappa shape index (κ3) is 6.18. The first-order valence-corrected chi connectivity index (χ1v) is 12.9. The summed E-state index contributed by atoms with van der Waals surface area (Å²) in [5.41, 5.74) is -1.08. The highest BCUT2D eigenvalue weighted by Crippen LogP contribution is 2.34. The van der Waals surface area contributed by atoms with Crippen LogP contribution in [0, 0.1) is 6.92 Å². The zero-order chi connectivity index (χ0) is 29.6. The van der Waals surface area contributed by atoms with Crippen molar-refractivity contribution in [3.8, 4) is 0 Å². The number of esters is 3. The Balaban J connectivity index is 1.52. The number of aromatic nitrogens is 3. The number of ether oxygens (including phenoxy) is 4. The zero-order valence-corrected chi connectivity index (χ0v) is 22.2. The molecule has 12 heteroatoms. The summed E-state index contributed by atoms with van der Waals surface area (Å²) in [6, 6.07) is 24.3. The monoisotopic (exact) mass is 571 g/mol. The third-order valence-electron chi connectivity index (χ3n) is 6.43. The van der Waals surface area contributed by atoms with E-state index in [2.05, 4.69) is 10.1 Å². The number of hydrogen-bond donors (Lipinski definition) is 1. The molecule has 5 rings (SSSR count). The zero-order valence-electron chi connectivity index (χ0n) is 22.2. The fourth-order valence-corrected chi connectivity index (χ4v) is 4.32. The van der Waals surface area contributed by atoms with Crippen LogP contribution >= 0.6 is 0 Å². The van der Waals surface area contributed by atoms with Gasteiger partial charge in [-0.25, -0.2) is 19.2 Å². The van der Waals surface area contributed by atoms with E-state index < -0.39 is 60.3 Å². The second-order valence-corrected chi connectivity index (χ2v) is 9.29. The molecule has 3 aromatic carbocycles. The largest absolute Gasteiger partial charge is 0.459 e. The van der Waals surface area contributed by atoms with Crippen molar-refractivity contribution < 1.29 is 33.3 Å². The highest BCUT2D eigenvalue weighted by Gasteiger charge is 2.52. The van der Waals surface area contributed by atoms with Crippen molar-refractivity contribution in [3.05, 3.63) is 134 Å². The number of nitrogens with one attached hydrogen (secondary N) is 1. The molecule has 1 saturated heterocycles. The number of H-pyrrole nitrogens is 1. The Labute approximate surface area is 238 Å². The van der Waals surface area contributed by atoms with Gasteiger partial charge in [-0.05, 0) is 43.3 Å². The third-order valence-corrected chi connectivity index (χ3v) is 6.43. The Kier molecular flexibility index (Phi) is 8.34. The van der Waals surface area contributed by atoms with Gasteiger partial charge in [-0.1, -0.05) is 54.6 Å². The van der Waals surface area contributed by atoms with E-state index in [4.69, 9.17) is 18.9 Å². The maximum atomic E-state index is 13.2. The molecule has 0 unspecified atom stereocenters. The van der Waals surface area contributed by atoms with E-state index in [0.717, 1.165) is 4.68 Å². The molecular formula is C30H25N3O9. The molecule has 0 spiro atoms. The Morgan fingerprint density at radius 2 is 1.24 bits per heavy atom. The van der Waals surface area contributed by atoms with Crippen LogP contribution in [-0.4, -0.2) is 57.6 Å². The minimum Gasteiger partial charge on any atom is -0.459 e. The molecule has 0 bridgehead atoms. The highest BCUT2D eigenvalue weighted by molar-refractivity contribution is 5.91. The number of rotatable bonds is 8. The summed E-state index contributed by atoms with van der Waals surface area (Å²) in [4.78, 5) is 66.0. The molecular weight excluding hydrogens is 546 g/mol. The minimum absolute atomic E-state index is 0.0666. The summed E-state index contributed by atoms with van der Waals surface area (Å²) < 4.78 is 23.9. The Bertz CT molecular complexity index is 1690. The van der Waals surface area contributed by atoms with Gasteiger partial charge in [0.2, 0.25) is 0 Å². The Morgan fingerprint density at radius 1 is 0.762 bits per heavy atom. The molecule has 4 atom stereocenters. The molecule has 0 aliphatic carbocycles. The van der Waals surface area contributed by atoms with Crippen molar-refractivity contribution in [1.29, 1.82) is 0 Å². The molecule has 0 amide bonds. The van der Waals surface area contributed by atoms with Gasteiger partial charge in [0.15, 0.2) is 18.4 Å². The molecule has 214 valence electrons. The fourth-order valence-electron chi connectivity index (χ4n) is 4.32. The molecule has 0 saturated carbocycles. The van der Waals surface area contributed by atoms with Crippen molar-refractivity contribution >= 4 is 17.9 Å². The molecule has 42 heavy (non-hydrogen) atoms. The van der Waals surface area contributed by atoms with Crippen molar-refractivity contribution in [3.63, 3.8) is 0 Å².